The SMILES string of the molecule is Cc1nc(CC(C)C)[nH]c(=O)c1CCO. The molecule has 0 saturated carbocycles. The summed E-state index contributed by atoms with van der Waals surface area (Å²) in [4.78, 5) is 18.7. The minimum atomic E-state index is -0.118. The minimum absolute atomic E-state index is 0.0187. The third-order valence-electron chi connectivity index (χ3n) is 2.23. The second-order valence-corrected chi connectivity index (χ2v) is 4.15. The van der Waals surface area contributed by atoms with Crippen LogP contribution in [-0.4, -0.2) is 21.7 Å². The number of aliphatic hydroxyl groups excluding tert-OH is 1. The van der Waals surface area contributed by atoms with Gasteiger partial charge in [0.05, 0.1) is 0 Å². The summed E-state index contributed by atoms with van der Waals surface area (Å²) < 4.78 is 0. The van der Waals surface area contributed by atoms with Gasteiger partial charge < -0.3 is 10.1 Å². The van der Waals surface area contributed by atoms with Crippen molar-refractivity contribution >= 4 is 0 Å². The van der Waals surface area contributed by atoms with E-state index < -0.39 is 0 Å². The normalized spacial score (nSPS) is 11.0. The van der Waals surface area contributed by atoms with E-state index in [9.17, 15) is 4.79 Å². The molecule has 0 spiro atoms. The number of aliphatic hydroxyl groups is 1. The van der Waals surface area contributed by atoms with Gasteiger partial charge in [0.1, 0.15) is 5.82 Å². The first-order valence-electron chi connectivity index (χ1n) is 5.24. The van der Waals surface area contributed by atoms with Crippen molar-refractivity contribution in [3.63, 3.8) is 0 Å². The van der Waals surface area contributed by atoms with Crippen LogP contribution in [0.2, 0.25) is 0 Å². The van der Waals surface area contributed by atoms with Gasteiger partial charge in [-0.3, -0.25) is 4.79 Å². The molecular weight excluding hydrogens is 192 g/mol. The predicted octanol–water partition coefficient (Wildman–Crippen LogP) is 0.812. The highest BCUT2D eigenvalue weighted by Crippen LogP contribution is 2.04. The van der Waals surface area contributed by atoms with Gasteiger partial charge in [0.25, 0.3) is 5.56 Å². The largest absolute Gasteiger partial charge is 0.396 e. The summed E-state index contributed by atoms with van der Waals surface area (Å²) in [5.74, 6) is 1.20. The topological polar surface area (TPSA) is 66.0 Å². The van der Waals surface area contributed by atoms with Crippen molar-refractivity contribution in [2.45, 2.75) is 33.6 Å². The molecule has 0 unspecified atom stereocenters. The van der Waals surface area contributed by atoms with Gasteiger partial charge in [-0.25, -0.2) is 4.98 Å². The van der Waals surface area contributed by atoms with Crippen LogP contribution in [-0.2, 0) is 12.8 Å². The smallest absolute Gasteiger partial charge is 0.254 e. The molecule has 0 saturated heterocycles. The Morgan fingerprint density at radius 3 is 2.60 bits per heavy atom. The Morgan fingerprint density at radius 2 is 2.13 bits per heavy atom. The van der Waals surface area contributed by atoms with Crippen LogP contribution in [0, 0.1) is 12.8 Å². The minimum Gasteiger partial charge on any atom is -0.396 e. The molecule has 15 heavy (non-hydrogen) atoms. The summed E-state index contributed by atoms with van der Waals surface area (Å²) in [6, 6.07) is 0. The van der Waals surface area contributed by atoms with Gasteiger partial charge >= 0.3 is 0 Å². The van der Waals surface area contributed by atoms with Crippen LogP contribution in [0.4, 0.5) is 0 Å². The van der Waals surface area contributed by atoms with Crippen LogP contribution in [0.25, 0.3) is 0 Å². The third-order valence-corrected chi connectivity index (χ3v) is 2.23. The van der Waals surface area contributed by atoms with Gasteiger partial charge in [0.15, 0.2) is 0 Å². The van der Waals surface area contributed by atoms with Gasteiger partial charge in [0, 0.05) is 30.7 Å². The summed E-state index contributed by atoms with van der Waals surface area (Å²) in [7, 11) is 0. The Balaban J connectivity index is 3.03. The fourth-order valence-electron chi connectivity index (χ4n) is 1.56. The Hall–Kier alpha value is -1.16. The van der Waals surface area contributed by atoms with Gasteiger partial charge in [-0.1, -0.05) is 13.8 Å². The average molecular weight is 210 g/mol. The highest BCUT2D eigenvalue weighted by molar-refractivity contribution is 5.16. The molecule has 0 aliphatic carbocycles. The molecular formula is C11H18N2O2. The van der Waals surface area contributed by atoms with Crippen molar-refractivity contribution in [2.75, 3.05) is 6.61 Å². The van der Waals surface area contributed by atoms with Crippen molar-refractivity contribution < 1.29 is 5.11 Å². The van der Waals surface area contributed by atoms with Crippen LogP contribution >= 0.6 is 0 Å². The second kappa shape index (κ2) is 5.07. The number of hydrogen-bond donors (Lipinski definition) is 2. The molecule has 0 aliphatic heterocycles. The molecule has 0 bridgehead atoms. The van der Waals surface area contributed by atoms with E-state index in [1.807, 2.05) is 6.92 Å². The monoisotopic (exact) mass is 210 g/mol. The zero-order chi connectivity index (χ0) is 11.4. The number of aromatic nitrogens is 2. The van der Waals surface area contributed by atoms with Gasteiger partial charge in [-0.05, 0) is 12.8 Å². The molecule has 0 fully saturated rings. The maximum atomic E-state index is 11.6. The van der Waals surface area contributed by atoms with Gasteiger partial charge in [-0.2, -0.15) is 0 Å². The molecule has 1 rings (SSSR count). The van der Waals surface area contributed by atoms with E-state index in [1.54, 1.807) is 0 Å². The number of nitrogens with zero attached hydrogens (tertiary/aromatic N) is 1. The Kier molecular flexibility index (Phi) is 4.03. The van der Waals surface area contributed by atoms with Crippen LogP contribution in [0.5, 0.6) is 0 Å². The molecule has 0 aliphatic rings. The molecule has 1 aromatic rings. The Morgan fingerprint density at radius 1 is 1.47 bits per heavy atom. The zero-order valence-corrected chi connectivity index (χ0v) is 9.50. The standard InChI is InChI=1S/C11H18N2O2/c1-7(2)6-10-12-8(3)9(4-5-14)11(15)13-10/h7,14H,4-6H2,1-3H3,(H,12,13,15). The summed E-state index contributed by atoms with van der Waals surface area (Å²) in [6.07, 6.45) is 1.14. The van der Waals surface area contributed by atoms with Crippen molar-refractivity contribution in [1.82, 2.24) is 9.97 Å². The lowest BCUT2D eigenvalue weighted by Gasteiger charge is -2.07. The molecule has 0 atom stereocenters. The summed E-state index contributed by atoms with van der Waals surface area (Å²) in [5.41, 5.74) is 1.20. The van der Waals surface area contributed by atoms with E-state index in [-0.39, 0.29) is 12.2 Å². The Labute approximate surface area is 89.4 Å². The number of hydrogen-bond acceptors (Lipinski definition) is 3. The molecule has 0 radical (unpaired) electrons. The lowest BCUT2D eigenvalue weighted by molar-refractivity contribution is 0.298. The van der Waals surface area contributed by atoms with Gasteiger partial charge in [0.2, 0.25) is 0 Å². The lowest BCUT2D eigenvalue weighted by atomic mass is 10.1. The van der Waals surface area contributed by atoms with E-state index >= 15 is 0 Å². The zero-order valence-electron chi connectivity index (χ0n) is 9.50. The maximum absolute atomic E-state index is 11.6. The summed E-state index contributed by atoms with van der Waals surface area (Å²) in [5, 5.41) is 8.80. The van der Waals surface area contributed by atoms with Gasteiger partial charge in [-0.15, -0.1) is 0 Å². The first-order valence-corrected chi connectivity index (χ1v) is 5.24. The van der Waals surface area contributed by atoms with Crippen molar-refractivity contribution in [1.29, 1.82) is 0 Å². The van der Waals surface area contributed by atoms with Crippen LogP contribution < -0.4 is 5.56 Å². The Bertz CT molecular complexity index is 383. The molecule has 0 amide bonds. The van der Waals surface area contributed by atoms with Crippen LogP contribution in [0.3, 0.4) is 0 Å². The number of aryl methyl sites for hydroxylation is 1. The van der Waals surface area contributed by atoms with Crippen molar-refractivity contribution in [3.05, 3.63) is 27.4 Å². The second-order valence-electron chi connectivity index (χ2n) is 4.15. The van der Waals surface area contributed by atoms with Crippen LogP contribution in [0.15, 0.2) is 4.79 Å². The number of nitrogens with one attached hydrogen (secondary N) is 1. The lowest BCUT2D eigenvalue weighted by Crippen LogP contribution is -2.20. The first-order chi connectivity index (χ1) is 7.04. The molecule has 84 valence electrons. The predicted molar refractivity (Wildman–Crippen MR) is 58.9 cm³/mol. The van der Waals surface area contributed by atoms with Crippen LogP contribution in [0.1, 0.15) is 30.9 Å². The molecule has 0 aromatic carbocycles. The first kappa shape index (κ1) is 11.9. The maximum Gasteiger partial charge on any atom is 0.254 e. The fourth-order valence-corrected chi connectivity index (χ4v) is 1.56. The molecule has 1 heterocycles. The number of H-pyrrole nitrogens is 1. The highest BCUT2D eigenvalue weighted by Gasteiger charge is 2.08. The number of rotatable bonds is 4. The van der Waals surface area contributed by atoms with E-state index in [0.717, 1.165) is 17.9 Å². The molecule has 2 N–H and O–H groups in total. The quantitative estimate of drug-likeness (QED) is 0.773. The fraction of sp³-hybridized carbons (Fsp3) is 0.636. The molecule has 1 aromatic heterocycles. The van der Waals surface area contributed by atoms with Crippen molar-refractivity contribution in [3.8, 4) is 0 Å². The third kappa shape index (κ3) is 3.16. The van der Waals surface area contributed by atoms with E-state index in [1.165, 1.54) is 0 Å². The highest BCUT2D eigenvalue weighted by atomic mass is 16.3. The summed E-state index contributed by atoms with van der Waals surface area (Å²) >= 11 is 0. The molecule has 4 heteroatoms. The molecule has 4 nitrogen and oxygen atoms in total. The number of aromatic amines is 1. The summed E-state index contributed by atoms with van der Waals surface area (Å²) in [6.45, 7) is 5.95. The van der Waals surface area contributed by atoms with E-state index in [0.29, 0.717) is 17.9 Å². The van der Waals surface area contributed by atoms with E-state index in [4.69, 9.17) is 5.11 Å². The average Bonchev–Trinajstić information content (AvgIpc) is 2.10. The van der Waals surface area contributed by atoms with Crippen molar-refractivity contribution in [2.24, 2.45) is 5.92 Å². The van der Waals surface area contributed by atoms with E-state index in [2.05, 4.69) is 23.8 Å².